The SMILES string of the molecule is COc1ccccc1OCCC(=O)N1C[C@@H](N)[C@H](c2ccccc2)C1. The molecule has 0 saturated carbocycles. The van der Waals surface area contributed by atoms with E-state index < -0.39 is 0 Å². The minimum atomic E-state index is -0.0264. The largest absolute Gasteiger partial charge is 0.493 e. The lowest BCUT2D eigenvalue weighted by Gasteiger charge is -2.17. The predicted molar refractivity (Wildman–Crippen MR) is 96.8 cm³/mol. The number of amides is 1. The summed E-state index contributed by atoms with van der Waals surface area (Å²) in [5.74, 6) is 1.59. The molecule has 2 aromatic rings. The summed E-state index contributed by atoms with van der Waals surface area (Å²) in [7, 11) is 1.60. The van der Waals surface area contributed by atoms with Crippen molar-refractivity contribution in [1.82, 2.24) is 4.90 Å². The number of rotatable bonds is 6. The number of methoxy groups -OCH3 is 1. The van der Waals surface area contributed by atoms with Crippen LogP contribution in [0, 0.1) is 0 Å². The second-order valence-corrected chi connectivity index (χ2v) is 6.23. The van der Waals surface area contributed by atoms with Gasteiger partial charge in [-0.25, -0.2) is 0 Å². The Morgan fingerprint density at radius 3 is 2.48 bits per heavy atom. The Balaban J connectivity index is 1.52. The number of ether oxygens (including phenoxy) is 2. The zero-order valence-corrected chi connectivity index (χ0v) is 14.4. The van der Waals surface area contributed by atoms with Crippen molar-refractivity contribution in [3.8, 4) is 11.5 Å². The van der Waals surface area contributed by atoms with E-state index in [4.69, 9.17) is 15.2 Å². The number of benzene rings is 2. The quantitative estimate of drug-likeness (QED) is 0.877. The molecule has 1 saturated heterocycles. The summed E-state index contributed by atoms with van der Waals surface area (Å²) < 4.78 is 10.9. The Hall–Kier alpha value is -2.53. The molecule has 1 aliphatic heterocycles. The third-order valence-corrected chi connectivity index (χ3v) is 4.59. The summed E-state index contributed by atoms with van der Waals surface area (Å²) in [5.41, 5.74) is 7.45. The van der Waals surface area contributed by atoms with Gasteiger partial charge in [0.2, 0.25) is 5.91 Å². The van der Waals surface area contributed by atoms with Gasteiger partial charge in [0.05, 0.1) is 20.1 Å². The van der Waals surface area contributed by atoms with Crippen molar-refractivity contribution < 1.29 is 14.3 Å². The minimum Gasteiger partial charge on any atom is -0.493 e. The number of likely N-dealkylation sites (tertiary alicyclic amines) is 1. The molecule has 2 aromatic carbocycles. The fraction of sp³-hybridized carbons (Fsp3) is 0.350. The first-order valence-electron chi connectivity index (χ1n) is 8.53. The third-order valence-electron chi connectivity index (χ3n) is 4.59. The molecule has 1 heterocycles. The average molecular weight is 340 g/mol. The topological polar surface area (TPSA) is 64.8 Å². The van der Waals surface area contributed by atoms with E-state index in [-0.39, 0.29) is 17.9 Å². The highest BCUT2D eigenvalue weighted by Gasteiger charge is 2.33. The van der Waals surface area contributed by atoms with Gasteiger partial charge in [0, 0.05) is 25.0 Å². The van der Waals surface area contributed by atoms with Crippen LogP contribution in [-0.4, -0.2) is 43.7 Å². The molecule has 1 fully saturated rings. The maximum absolute atomic E-state index is 12.5. The molecule has 1 amide bonds. The first-order chi connectivity index (χ1) is 12.2. The van der Waals surface area contributed by atoms with Gasteiger partial charge in [-0.1, -0.05) is 42.5 Å². The standard InChI is InChI=1S/C20H24N2O3/c1-24-18-9-5-6-10-19(18)25-12-11-20(23)22-13-16(17(21)14-22)15-7-3-2-4-8-15/h2-10,16-17H,11-14,21H2,1H3/t16-,17+/m0/s1. The lowest BCUT2D eigenvalue weighted by molar-refractivity contribution is -0.130. The molecule has 0 bridgehead atoms. The molecule has 0 radical (unpaired) electrons. The fourth-order valence-electron chi connectivity index (χ4n) is 3.23. The maximum atomic E-state index is 12.5. The lowest BCUT2D eigenvalue weighted by Crippen LogP contribution is -2.32. The van der Waals surface area contributed by atoms with Gasteiger partial charge < -0.3 is 20.1 Å². The number of hydrogen-bond donors (Lipinski definition) is 1. The molecule has 5 nitrogen and oxygen atoms in total. The van der Waals surface area contributed by atoms with Crippen LogP contribution in [0.4, 0.5) is 0 Å². The molecular weight excluding hydrogens is 316 g/mol. The fourth-order valence-corrected chi connectivity index (χ4v) is 3.23. The zero-order valence-electron chi connectivity index (χ0n) is 14.4. The van der Waals surface area contributed by atoms with Crippen LogP contribution in [0.1, 0.15) is 17.9 Å². The van der Waals surface area contributed by atoms with Gasteiger partial charge in [0.15, 0.2) is 11.5 Å². The molecule has 3 rings (SSSR count). The van der Waals surface area contributed by atoms with E-state index in [9.17, 15) is 4.79 Å². The summed E-state index contributed by atoms with van der Waals surface area (Å²) in [6.07, 6.45) is 0.326. The van der Waals surface area contributed by atoms with Crippen molar-refractivity contribution in [3.63, 3.8) is 0 Å². The van der Waals surface area contributed by atoms with E-state index in [1.165, 1.54) is 5.56 Å². The normalized spacial score (nSPS) is 19.7. The van der Waals surface area contributed by atoms with Gasteiger partial charge in [-0.3, -0.25) is 4.79 Å². The molecule has 1 aliphatic rings. The molecule has 132 valence electrons. The Kier molecular flexibility index (Phi) is 5.56. The van der Waals surface area contributed by atoms with Gasteiger partial charge in [-0.05, 0) is 17.7 Å². The van der Waals surface area contributed by atoms with Crippen LogP contribution in [0.3, 0.4) is 0 Å². The Bertz CT molecular complexity index is 705. The molecule has 25 heavy (non-hydrogen) atoms. The van der Waals surface area contributed by atoms with Crippen LogP contribution >= 0.6 is 0 Å². The number of nitrogens with two attached hydrogens (primary N) is 1. The van der Waals surface area contributed by atoms with E-state index in [2.05, 4.69) is 12.1 Å². The van der Waals surface area contributed by atoms with Gasteiger partial charge in [0.1, 0.15) is 0 Å². The Morgan fingerprint density at radius 1 is 1.08 bits per heavy atom. The molecule has 0 aliphatic carbocycles. The maximum Gasteiger partial charge on any atom is 0.226 e. The number of para-hydroxylation sites is 2. The second-order valence-electron chi connectivity index (χ2n) is 6.23. The van der Waals surface area contributed by atoms with Crippen LogP contribution in [0.2, 0.25) is 0 Å². The average Bonchev–Trinajstić information content (AvgIpc) is 3.04. The number of carbonyl (C=O) groups is 1. The number of carbonyl (C=O) groups excluding carboxylic acids is 1. The van der Waals surface area contributed by atoms with Gasteiger partial charge in [-0.15, -0.1) is 0 Å². The summed E-state index contributed by atoms with van der Waals surface area (Å²) in [5, 5.41) is 0. The van der Waals surface area contributed by atoms with Crippen LogP contribution < -0.4 is 15.2 Å². The smallest absolute Gasteiger partial charge is 0.226 e. The lowest BCUT2D eigenvalue weighted by atomic mass is 9.95. The van der Waals surface area contributed by atoms with Gasteiger partial charge >= 0.3 is 0 Å². The van der Waals surface area contributed by atoms with E-state index in [0.717, 1.165) is 0 Å². The number of hydrogen-bond acceptors (Lipinski definition) is 4. The second kappa shape index (κ2) is 8.03. The Labute approximate surface area is 148 Å². The van der Waals surface area contributed by atoms with E-state index in [1.54, 1.807) is 7.11 Å². The van der Waals surface area contributed by atoms with Crippen molar-refractivity contribution in [2.24, 2.45) is 5.73 Å². The molecule has 0 unspecified atom stereocenters. The van der Waals surface area contributed by atoms with Crippen LogP contribution in [0.15, 0.2) is 54.6 Å². The molecular formula is C20H24N2O3. The number of nitrogens with zero attached hydrogens (tertiary/aromatic N) is 1. The van der Waals surface area contributed by atoms with Gasteiger partial charge in [-0.2, -0.15) is 0 Å². The van der Waals surface area contributed by atoms with Crippen molar-refractivity contribution in [3.05, 3.63) is 60.2 Å². The first kappa shape index (κ1) is 17.3. The third kappa shape index (κ3) is 4.12. The van der Waals surface area contributed by atoms with Crippen molar-refractivity contribution in [2.45, 2.75) is 18.4 Å². The highest BCUT2D eigenvalue weighted by Crippen LogP contribution is 2.28. The van der Waals surface area contributed by atoms with Crippen LogP contribution in [0.5, 0.6) is 11.5 Å². The van der Waals surface area contributed by atoms with E-state index in [0.29, 0.717) is 37.6 Å². The molecule has 2 atom stereocenters. The van der Waals surface area contributed by atoms with Crippen molar-refractivity contribution >= 4 is 5.91 Å². The summed E-state index contributed by atoms with van der Waals surface area (Å²) in [6, 6.07) is 17.6. The monoisotopic (exact) mass is 340 g/mol. The molecule has 0 aromatic heterocycles. The van der Waals surface area contributed by atoms with Gasteiger partial charge in [0.25, 0.3) is 0 Å². The van der Waals surface area contributed by atoms with Crippen LogP contribution in [-0.2, 0) is 4.79 Å². The summed E-state index contributed by atoms with van der Waals surface area (Å²) in [4.78, 5) is 14.3. The minimum absolute atomic E-state index is 0.0264. The van der Waals surface area contributed by atoms with Crippen molar-refractivity contribution in [2.75, 3.05) is 26.8 Å². The predicted octanol–water partition coefficient (Wildman–Crippen LogP) is 2.42. The molecule has 0 spiro atoms. The summed E-state index contributed by atoms with van der Waals surface area (Å²) >= 11 is 0. The molecule has 5 heteroatoms. The highest BCUT2D eigenvalue weighted by molar-refractivity contribution is 5.77. The van der Waals surface area contributed by atoms with E-state index in [1.807, 2.05) is 47.4 Å². The zero-order chi connectivity index (χ0) is 17.6. The highest BCUT2D eigenvalue weighted by atomic mass is 16.5. The van der Waals surface area contributed by atoms with Crippen molar-refractivity contribution in [1.29, 1.82) is 0 Å². The Morgan fingerprint density at radius 2 is 1.76 bits per heavy atom. The summed E-state index contributed by atoms with van der Waals surface area (Å²) in [6.45, 7) is 1.58. The van der Waals surface area contributed by atoms with E-state index >= 15 is 0 Å². The van der Waals surface area contributed by atoms with Crippen LogP contribution in [0.25, 0.3) is 0 Å². The molecule has 2 N–H and O–H groups in total. The first-order valence-corrected chi connectivity index (χ1v) is 8.53.